The van der Waals surface area contributed by atoms with Crippen LogP contribution in [0.1, 0.15) is 32.6 Å². The van der Waals surface area contributed by atoms with Gasteiger partial charge in [-0.25, -0.2) is 0 Å². The molecule has 0 bridgehead atoms. The standard InChI is InChI=1S/C11H18O2/c1-2-8-5-9-7-11(10(9)6-8)12-3-4-13-11/h8-10H,2-7H2,1H3/t8?,9?,10-/m1/s1. The molecule has 3 rings (SSSR count). The highest BCUT2D eigenvalue weighted by Gasteiger charge is 2.61. The zero-order valence-electron chi connectivity index (χ0n) is 8.29. The first-order valence-corrected chi connectivity index (χ1v) is 5.62. The zero-order valence-corrected chi connectivity index (χ0v) is 8.29. The molecule has 2 heteroatoms. The maximum absolute atomic E-state index is 5.76. The lowest BCUT2D eigenvalue weighted by atomic mass is 9.70. The Morgan fingerprint density at radius 2 is 2.00 bits per heavy atom. The lowest BCUT2D eigenvalue weighted by Crippen LogP contribution is -2.52. The van der Waals surface area contributed by atoms with Crippen LogP contribution in [0.3, 0.4) is 0 Å². The molecule has 13 heavy (non-hydrogen) atoms. The van der Waals surface area contributed by atoms with Gasteiger partial charge in [0.15, 0.2) is 5.79 Å². The predicted molar refractivity (Wildman–Crippen MR) is 49.2 cm³/mol. The first-order chi connectivity index (χ1) is 6.34. The molecule has 2 nitrogen and oxygen atoms in total. The van der Waals surface area contributed by atoms with Gasteiger partial charge in [0.05, 0.1) is 13.2 Å². The second-order valence-corrected chi connectivity index (χ2v) is 4.83. The molecule has 1 aliphatic heterocycles. The summed E-state index contributed by atoms with van der Waals surface area (Å²) in [5, 5.41) is 0. The van der Waals surface area contributed by atoms with Crippen LogP contribution in [0.2, 0.25) is 0 Å². The fourth-order valence-corrected chi connectivity index (χ4v) is 3.50. The normalized spacial score (nSPS) is 46.4. The minimum atomic E-state index is -0.103. The van der Waals surface area contributed by atoms with Gasteiger partial charge >= 0.3 is 0 Å². The Morgan fingerprint density at radius 3 is 2.69 bits per heavy atom. The summed E-state index contributed by atoms with van der Waals surface area (Å²) in [5.74, 6) is 2.50. The van der Waals surface area contributed by atoms with Crippen LogP contribution in [-0.2, 0) is 9.47 Å². The Balaban J connectivity index is 1.72. The quantitative estimate of drug-likeness (QED) is 0.619. The summed E-state index contributed by atoms with van der Waals surface area (Å²) in [6, 6.07) is 0. The van der Waals surface area contributed by atoms with Crippen LogP contribution in [0.25, 0.3) is 0 Å². The van der Waals surface area contributed by atoms with Gasteiger partial charge in [-0.3, -0.25) is 0 Å². The van der Waals surface area contributed by atoms with Crippen molar-refractivity contribution in [3.63, 3.8) is 0 Å². The van der Waals surface area contributed by atoms with E-state index in [2.05, 4.69) is 6.92 Å². The lowest BCUT2D eigenvalue weighted by molar-refractivity contribution is -0.267. The first kappa shape index (κ1) is 8.25. The van der Waals surface area contributed by atoms with Gasteiger partial charge in [-0.15, -0.1) is 0 Å². The van der Waals surface area contributed by atoms with Crippen LogP contribution < -0.4 is 0 Å². The molecule has 2 saturated carbocycles. The van der Waals surface area contributed by atoms with E-state index in [1.165, 1.54) is 25.7 Å². The number of rotatable bonds is 1. The number of fused-ring (bicyclic) bond motifs is 2. The third-order valence-electron chi connectivity index (χ3n) is 4.26. The highest BCUT2D eigenvalue weighted by atomic mass is 16.7. The minimum Gasteiger partial charge on any atom is -0.347 e. The highest BCUT2D eigenvalue weighted by Crippen LogP contribution is 2.59. The Labute approximate surface area is 79.6 Å². The minimum absolute atomic E-state index is 0.103. The average molecular weight is 182 g/mol. The van der Waals surface area contributed by atoms with E-state index in [0.717, 1.165) is 31.0 Å². The molecule has 3 fully saturated rings. The Hall–Kier alpha value is -0.0800. The Kier molecular flexibility index (Phi) is 1.72. The molecule has 2 unspecified atom stereocenters. The first-order valence-electron chi connectivity index (χ1n) is 5.62. The molecule has 1 saturated heterocycles. The van der Waals surface area contributed by atoms with Crippen LogP contribution in [0.15, 0.2) is 0 Å². The number of hydrogen-bond acceptors (Lipinski definition) is 2. The third-order valence-corrected chi connectivity index (χ3v) is 4.26. The van der Waals surface area contributed by atoms with Gasteiger partial charge in [-0.2, -0.15) is 0 Å². The van der Waals surface area contributed by atoms with Gasteiger partial charge in [0.1, 0.15) is 0 Å². The van der Waals surface area contributed by atoms with E-state index in [-0.39, 0.29) is 5.79 Å². The summed E-state index contributed by atoms with van der Waals surface area (Å²) in [6.45, 7) is 3.94. The van der Waals surface area contributed by atoms with Gasteiger partial charge < -0.3 is 9.47 Å². The van der Waals surface area contributed by atoms with Crippen molar-refractivity contribution >= 4 is 0 Å². The van der Waals surface area contributed by atoms with Crippen LogP contribution in [-0.4, -0.2) is 19.0 Å². The maximum atomic E-state index is 5.76. The second-order valence-electron chi connectivity index (χ2n) is 4.83. The van der Waals surface area contributed by atoms with E-state index in [4.69, 9.17) is 9.47 Å². The topological polar surface area (TPSA) is 18.5 Å². The largest absolute Gasteiger partial charge is 0.347 e. The summed E-state index contributed by atoms with van der Waals surface area (Å²) in [7, 11) is 0. The van der Waals surface area contributed by atoms with Gasteiger partial charge in [0.2, 0.25) is 0 Å². The van der Waals surface area contributed by atoms with Crippen LogP contribution >= 0.6 is 0 Å². The molecular weight excluding hydrogens is 164 g/mol. The van der Waals surface area contributed by atoms with Crippen LogP contribution in [0.5, 0.6) is 0 Å². The highest BCUT2D eigenvalue weighted by molar-refractivity contribution is 5.04. The molecule has 74 valence electrons. The van der Waals surface area contributed by atoms with E-state index in [1.807, 2.05) is 0 Å². The average Bonchev–Trinajstić information content (AvgIpc) is 2.69. The molecule has 2 aliphatic carbocycles. The lowest BCUT2D eigenvalue weighted by Gasteiger charge is -2.47. The zero-order chi connectivity index (χ0) is 8.89. The Morgan fingerprint density at radius 1 is 1.23 bits per heavy atom. The molecule has 0 aromatic heterocycles. The van der Waals surface area contributed by atoms with Gasteiger partial charge in [-0.05, 0) is 24.7 Å². The van der Waals surface area contributed by atoms with Crippen molar-refractivity contribution in [2.45, 2.75) is 38.4 Å². The van der Waals surface area contributed by atoms with Crippen molar-refractivity contribution in [2.24, 2.45) is 17.8 Å². The van der Waals surface area contributed by atoms with Crippen LogP contribution in [0.4, 0.5) is 0 Å². The van der Waals surface area contributed by atoms with E-state index >= 15 is 0 Å². The summed E-state index contributed by atoms with van der Waals surface area (Å²) >= 11 is 0. The van der Waals surface area contributed by atoms with Crippen molar-refractivity contribution in [1.29, 1.82) is 0 Å². The fraction of sp³-hybridized carbons (Fsp3) is 1.00. The summed E-state index contributed by atoms with van der Waals surface area (Å²) < 4.78 is 11.5. The molecule has 3 atom stereocenters. The monoisotopic (exact) mass is 182 g/mol. The number of hydrogen-bond donors (Lipinski definition) is 0. The molecule has 1 spiro atoms. The van der Waals surface area contributed by atoms with Gasteiger partial charge in [0.25, 0.3) is 0 Å². The molecular formula is C11H18O2. The molecule has 1 heterocycles. The number of ether oxygens (including phenoxy) is 2. The van der Waals surface area contributed by atoms with E-state index in [1.54, 1.807) is 0 Å². The molecule has 0 aromatic rings. The van der Waals surface area contributed by atoms with Crippen molar-refractivity contribution in [1.82, 2.24) is 0 Å². The van der Waals surface area contributed by atoms with Crippen molar-refractivity contribution in [2.75, 3.05) is 13.2 Å². The molecule has 3 aliphatic rings. The predicted octanol–water partition coefficient (Wildman–Crippen LogP) is 2.19. The second kappa shape index (κ2) is 2.71. The van der Waals surface area contributed by atoms with E-state index < -0.39 is 0 Å². The fourth-order valence-electron chi connectivity index (χ4n) is 3.50. The molecule has 0 aromatic carbocycles. The van der Waals surface area contributed by atoms with Gasteiger partial charge in [0, 0.05) is 12.3 Å². The molecule has 0 amide bonds. The summed E-state index contributed by atoms with van der Waals surface area (Å²) in [5.41, 5.74) is 0. The molecule has 0 radical (unpaired) electrons. The van der Waals surface area contributed by atoms with Crippen molar-refractivity contribution in [3.8, 4) is 0 Å². The third kappa shape index (κ3) is 1.02. The maximum Gasteiger partial charge on any atom is 0.171 e. The van der Waals surface area contributed by atoms with E-state index in [0.29, 0.717) is 0 Å². The summed E-state index contributed by atoms with van der Waals surface area (Å²) in [4.78, 5) is 0. The smallest absolute Gasteiger partial charge is 0.171 e. The van der Waals surface area contributed by atoms with E-state index in [9.17, 15) is 0 Å². The van der Waals surface area contributed by atoms with Gasteiger partial charge in [-0.1, -0.05) is 13.3 Å². The molecule has 0 N–H and O–H groups in total. The van der Waals surface area contributed by atoms with Crippen molar-refractivity contribution < 1.29 is 9.47 Å². The summed E-state index contributed by atoms with van der Waals surface area (Å²) in [6.07, 6.45) is 5.29. The van der Waals surface area contributed by atoms with Crippen molar-refractivity contribution in [3.05, 3.63) is 0 Å². The SMILES string of the molecule is CCC1CC2CC3(OCCO3)[C@@H]2C1. The van der Waals surface area contributed by atoms with Crippen LogP contribution in [0, 0.1) is 17.8 Å². The Bertz CT molecular complexity index is 208.